The van der Waals surface area contributed by atoms with Crippen LogP contribution >= 0.6 is 11.6 Å². The van der Waals surface area contributed by atoms with Crippen molar-refractivity contribution in [2.24, 2.45) is 5.41 Å². The SMILES string of the molecule is Cc1cc(NC(=O)C(C)(C(F)(F)F)C(F)(F)F)cc(Cl)n1. The lowest BCUT2D eigenvalue weighted by Crippen LogP contribution is -2.55. The van der Waals surface area contributed by atoms with Gasteiger partial charge in [-0.25, -0.2) is 4.98 Å². The summed E-state index contributed by atoms with van der Waals surface area (Å²) < 4.78 is 76.2. The number of halogens is 7. The molecule has 0 bridgehead atoms. The van der Waals surface area contributed by atoms with Crippen molar-refractivity contribution in [1.82, 2.24) is 4.98 Å². The van der Waals surface area contributed by atoms with Crippen molar-refractivity contribution in [2.45, 2.75) is 26.2 Å². The molecule has 0 saturated carbocycles. The van der Waals surface area contributed by atoms with Gasteiger partial charge >= 0.3 is 12.4 Å². The van der Waals surface area contributed by atoms with Gasteiger partial charge in [-0.1, -0.05) is 11.6 Å². The maximum atomic E-state index is 12.7. The predicted molar refractivity (Wildman–Crippen MR) is 62.8 cm³/mol. The fraction of sp³-hybridized carbons (Fsp3) is 0.455. The molecule has 3 nitrogen and oxygen atoms in total. The summed E-state index contributed by atoms with van der Waals surface area (Å²) in [7, 11) is 0. The number of hydrogen-bond acceptors (Lipinski definition) is 2. The molecule has 0 fully saturated rings. The Balaban J connectivity index is 3.20. The molecule has 0 unspecified atom stereocenters. The summed E-state index contributed by atoms with van der Waals surface area (Å²) in [6, 6.07) is 2.04. The minimum atomic E-state index is -5.80. The number of aryl methyl sites for hydroxylation is 1. The van der Waals surface area contributed by atoms with Crippen LogP contribution in [-0.4, -0.2) is 23.2 Å². The molecule has 1 rings (SSSR count). The molecular weight excluding hydrogens is 326 g/mol. The van der Waals surface area contributed by atoms with Crippen LogP contribution in [-0.2, 0) is 4.79 Å². The van der Waals surface area contributed by atoms with E-state index < -0.39 is 23.7 Å². The predicted octanol–water partition coefficient (Wildman–Crippen LogP) is 4.11. The number of pyridine rings is 1. The fourth-order valence-corrected chi connectivity index (χ4v) is 1.63. The van der Waals surface area contributed by atoms with E-state index in [4.69, 9.17) is 11.6 Å². The van der Waals surface area contributed by atoms with E-state index in [0.29, 0.717) is 0 Å². The van der Waals surface area contributed by atoms with Crippen LogP contribution in [0.2, 0.25) is 5.15 Å². The quantitative estimate of drug-likeness (QED) is 0.653. The summed E-state index contributed by atoms with van der Waals surface area (Å²) >= 11 is 5.52. The highest BCUT2D eigenvalue weighted by Gasteiger charge is 2.72. The van der Waals surface area contributed by atoms with Gasteiger partial charge in [-0.05, 0) is 26.0 Å². The average Bonchev–Trinajstić information content (AvgIpc) is 2.22. The first-order chi connectivity index (χ1) is 9.29. The van der Waals surface area contributed by atoms with E-state index >= 15 is 0 Å². The molecule has 10 heteroatoms. The van der Waals surface area contributed by atoms with E-state index in [2.05, 4.69) is 4.98 Å². The van der Waals surface area contributed by atoms with E-state index in [-0.39, 0.29) is 23.5 Å². The van der Waals surface area contributed by atoms with Crippen LogP contribution in [0.4, 0.5) is 32.0 Å². The molecule has 0 radical (unpaired) electrons. The number of anilines is 1. The molecule has 1 N–H and O–H groups in total. The molecule has 0 spiro atoms. The second-order valence-electron chi connectivity index (χ2n) is 4.39. The number of rotatable bonds is 2. The minimum absolute atomic E-state index is 0.175. The average molecular weight is 335 g/mol. The van der Waals surface area contributed by atoms with E-state index in [1.807, 2.05) is 0 Å². The molecule has 118 valence electrons. The topological polar surface area (TPSA) is 42.0 Å². The zero-order chi connectivity index (χ0) is 16.6. The Morgan fingerprint density at radius 1 is 1.14 bits per heavy atom. The lowest BCUT2D eigenvalue weighted by molar-refractivity contribution is -0.317. The van der Waals surface area contributed by atoms with E-state index in [1.54, 1.807) is 5.32 Å². The molecule has 1 amide bonds. The second-order valence-corrected chi connectivity index (χ2v) is 4.78. The van der Waals surface area contributed by atoms with Crippen molar-refractivity contribution < 1.29 is 31.1 Å². The Labute approximate surface area is 120 Å². The zero-order valence-electron chi connectivity index (χ0n) is 10.7. The third kappa shape index (κ3) is 3.39. The molecule has 0 aliphatic heterocycles. The lowest BCUT2D eigenvalue weighted by Gasteiger charge is -2.32. The highest BCUT2D eigenvalue weighted by atomic mass is 35.5. The molecule has 1 heterocycles. The minimum Gasteiger partial charge on any atom is -0.325 e. The molecule has 0 aromatic carbocycles. The summed E-state index contributed by atoms with van der Waals surface area (Å²) in [5.41, 5.74) is -4.63. The monoisotopic (exact) mass is 334 g/mol. The van der Waals surface area contributed by atoms with Gasteiger partial charge in [0.25, 0.3) is 0 Å². The van der Waals surface area contributed by atoms with Crippen molar-refractivity contribution in [3.63, 3.8) is 0 Å². The highest BCUT2D eigenvalue weighted by molar-refractivity contribution is 6.29. The van der Waals surface area contributed by atoms with Gasteiger partial charge in [0.2, 0.25) is 11.3 Å². The van der Waals surface area contributed by atoms with Crippen LogP contribution in [0.1, 0.15) is 12.6 Å². The number of alkyl halides is 6. The third-order valence-electron chi connectivity index (χ3n) is 2.77. The molecule has 21 heavy (non-hydrogen) atoms. The smallest absolute Gasteiger partial charge is 0.325 e. The molecule has 0 aliphatic rings. The maximum absolute atomic E-state index is 12.7. The number of nitrogens with zero attached hydrogens (tertiary/aromatic N) is 1. The first-order valence-electron chi connectivity index (χ1n) is 5.38. The molecule has 0 saturated heterocycles. The van der Waals surface area contributed by atoms with Crippen LogP contribution in [0.25, 0.3) is 0 Å². The van der Waals surface area contributed by atoms with Crippen molar-refractivity contribution in [3.05, 3.63) is 23.0 Å². The number of hydrogen-bond donors (Lipinski definition) is 1. The van der Waals surface area contributed by atoms with Gasteiger partial charge in [0.15, 0.2) is 0 Å². The standard InChI is InChI=1S/C11H9ClF6N2O/c1-5-3-6(4-7(12)19-5)20-8(21)9(2,10(13,14)15)11(16,17)18/h3-4H,1-2H3,(H,19,20,21). The Morgan fingerprint density at radius 2 is 1.62 bits per heavy atom. The van der Waals surface area contributed by atoms with Gasteiger partial charge in [-0.3, -0.25) is 4.79 Å². The largest absolute Gasteiger partial charge is 0.411 e. The van der Waals surface area contributed by atoms with E-state index in [1.165, 1.54) is 6.92 Å². The Kier molecular flexibility index (Phi) is 4.48. The van der Waals surface area contributed by atoms with E-state index in [0.717, 1.165) is 12.1 Å². The van der Waals surface area contributed by atoms with Gasteiger partial charge in [0.1, 0.15) is 5.15 Å². The summed E-state index contributed by atoms with van der Waals surface area (Å²) in [5, 5.41) is 1.40. The maximum Gasteiger partial charge on any atom is 0.411 e. The van der Waals surface area contributed by atoms with E-state index in [9.17, 15) is 31.1 Å². The number of nitrogens with one attached hydrogen (secondary N) is 1. The van der Waals surface area contributed by atoms with Gasteiger partial charge in [0, 0.05) is 11.4 Å². The summed E-state index contributed by atoms with van der Waals surface area (Å²) in [6.45, 7) is 1.19. The molecule has 0 aliphatic carbocycles. The fourth-order valence-electron chi connectivity index (χ4n) is 1.37. The Hall–Kier alpha value is -1.51. The number of carbonyl (C=O) groups is 1. The lowest BCUT2D eigenvalue weighted by atomic mass is 9.87. The number of amides is 1. The zero-order valence-corrected chi connectivity index (χ0v) is 11.4. The van der Waals surface area contributed by atoms with Crippen molar-refractivity contribution in [3.8, 4) is 0 Å². The van der Waals surface area contributed by atoms with Gasteiger partial charge in [0.05, 0.1) is 0 Å². The normalized spacial score (nSPS) is 13.2. The van der Waals surface area contributed by atoms with Gasteiger partial charge in [-0.2, -0.15) is 26.3 Å². The van der Waals surface area contributed by atoms with Crippen molar-refractivity contribution in [2.75, 3.05) is 5.32 Å². The van der Waals surface area contributed by atoms with Crippen LogP contribution in [0.5, 0.6) is 0 Å². The number of aromatic nitrogens is 1. The second kappa shape index (κ2) is 5.36. The first-order valence-corrected chi connectivity index (χ1v) is 5.76. The first kappa shape index (κ1) is 17.5. The van der Waals surface area contributed by atoms with Crippen LogP contribution in [0.3, 0.4) is 0 Å². The third-order valence-corrected chi connectivity index (χ3v) is 2.96. The van der Waals surface area contributed by atoms with Gasteiger partial charge < -0.3 is 5.32 Å². The molecular formula is C11H9ClF6N2O. The Bertz CT molecular complexity index is 520. The van der Waals surface area contributed by atoms with Crippen LogP contribution < -0.4 is 5.32 Å². The van der Waals surface area contributed by atoms with Crippen LogP contribution in [0, 0.1) is 12.3 Å². The molecule has 1 aromatic rings. The summed E-state index contributed by atoms with van der Waals surface area (Å²) in [6.07, 6.45) is -11.6. The summed E-state index contributed by atoms with van der Waals surface area (Å²) in [4.78, 5) is 15.2. The molecule has 1 aromatic heterocycles. The summed E-state index contributed by atoms with van der Waals surface area (Å²) in [5.74, 6) is -2.25. The van der Waals surface area contributed by atoms with Crippen molar-refractivity contribution in [1.29, 1.82) is 0 Å². The van der Waals surface area contributed by atoms with Crippen LogP contribution in [0.15, 0.2) is 12.1 Å². The van der Waals surface area contributed by atoms with Crippen molar-refractivity contribution >= 4 is 23.2 Å². The highest BCUT2D eigenvalue weighted by Crippen LogP contribution is 2.50. The van der Waals surface area contributed by atoms with Gasteiger partial charge in [-0.15, -0.1) is 0 Å². The Morgan fingerprint density at radius 3 is 2.00 bits per heavy atom. The number of carbonyl (C=O) groups excluding carboxylic acids is 1. The molecule has 0 atom stereocenters.